The molecule has 0 saturated carbocycles. The third-order valence-corrected chi connectivity index (χ3v) is 5.11. The van der Waals surface area contributed by atoms with Crippen LogP contribution < -0.4 is 0 Å². The molecule has 4 aromatic rings. The van der Waals surface area contributed by atoms with Crippen molar-refractivity contribution in [2.45, 2.75) is 4.90 Å². The highest BCUT2D eigenvalue weighted by atomic mass is 35.5. The Morgan fingerprint density at radius 3 is 2.35 bits per heavy atom. The lowest BCUT2D eigenvalue weighted by Crippen LogP contribution is -1.84. The van der Waals surface area contributed by atoms with E-state index < -0.39 is 0 Å². The van der Waals surface area contributed by atoms with Crippen LogP contribution in [0.2, 0.25) is 5.02 Å². The zero-order valence-electron chi connectivity index (χ0n) is 14.1. The van der Waals surface area contributed by atoms with Gasteiger partial charge in [0.25, 0.3) is 0 Å². The molecule has 2 aromatic carbocycles. The number of aromatic amines is 1. The lowest BCUT2D eigenvalue weighted by Gasteiger charge is -2.03. The summed E-state index contributed by atoms with van der Waals surface area (Å²) in [5.41, 5.74) is 4.90. The summed E-state index contributed by atoms with van der Waals surface area (Å²) in [5, 5.41) is 0.692. The molecule has 3 nitrogen and oxygen atoms in total. The summed E-state index contributed by atoms with van der Waals surface area (Å²) in [5.74, 6) is 0.833. The van der Waals surface area contributed by atoms with E-state index in [1.807, 2.05) is 36.4 Å². The molecule has 0 bridgehead atoms. The molecule has 26 heavy (non-hydrogen) atoms. The SMILES string of the molecule is CSc1ccc(-c2nc(-c3cccc(Cl)c3)c(-c3ccncc3)[nH]2)cc1. The number of H-pyrrole nitrogens is 1. The maximum Gasteiger partial charge on any atom is 0.138 e. The van der Waals surface area contributed by atoms with E-state index in [4.69, 9.17) is 16.6 Å². The molecule has 4 rings (SSSR count). The lowest BCUT2D eigenvalue weighted by atomic mass is 10.1. The summed E-state index contributed by atoms with van der Waals surface area (Å²) in [7, 11) is 0. The van der Waals surface area contributed by atoms with Gasteiger partial charge in [0.15, 0.2) is 0 Å². The van der Waals surface area contributed by atoms with Crippen LogP contribution in [-0.4, -0.2) is 21.2 Å². The summed E-state index contributed by atoms with van der Waals surface area (Å²) >= 11 is 7.92. The highest BCUT2D eigenvalue weighted by Gasteiger charge is 2.15. The number of hydrogen-bond donors (Lipinski definition) is 1. The monoisotopic (exact) mass is 377 g/mol. The molecule has 0 unspecified atom stereocenters. The first-order valence-corrected chi connectivity index (χ1v) is 9.75. The number of thioether (sulfide) groups is 1. The van der Waals surface area contributed by atoms with Crippen LogP contribution in [0, 0.1) is 0 Å². The fourth-order valence-electron chi connectivity index (χ4n) is 2.83. The summed E-state index contributed by atoms with van der Waals surface area (Å²) < 4.78 is 0. The van der Waals surface area contributed by atoms with Crippen molar-refractivity contribution in [1.82, 2.24) is 15.0 Å². The van der Waals surface area contributed by atoms with Crippen LogP contribution in [0.1, 0.15) is 0 Å². The molecule has 0 aliphatic carbocycles. The number of aromatic nitrogens is 3. The molecular formula is C21H16ClN3S. The van der Waals surface area contributed by atoms with E-state index in [9.17, 15) is 0 Å². The van der Waals surface area contributed by atoms with Gasteiger partial charge in [-0.1, -0.05) is 35.9 Å². The zero-order valence-corrected chi connectivity index (χ0v) is 15.7. The smallest absolute Gasteiger partial charge is 0.138 e. The summed E-state index contributed by atoms with van der Waals surface area (Å²) in [6.45, 7) is 0. The number of pyridine rings is 1. The molecule has 0 saturated heterocycles. The molecule has 1 N–H and O–H groups in total. The van der Waals surface area contributed by atoms with Gasteiger partial charge in [-0.15, -0.1) is 11.8 Å². The minimum absolute atomic E-state index is 0.692. The second kappa shape index (κ2) is 7.36. The van der Waals surface area contributed by atoms with Crippen molar-refractivity contribution < 1.29 is 0 Å². The molecule has 5 heteroatoms. The van der Waals surface area contributed by atoms with Crippen LogP contribution in [0.5, 0.6) is 0 Å². The highest BCUT2D eigenvalue weighted by molar-refractivity contribution is 7.98. The first-order valence-electron chi connectivity index (χ1n) is 8.15. The predicted molar refractivity (Wildman–Crippen MR) is 109 cm³/mol. The van der Waals surface area contributed by atoms with Crippen molar-refractivity contribution in [1.29, 1.82) is 0 Å². The van der Waals surface area contributed by atoms with Gasteiger partial charge in [-0.05, 0) is 42.7 Å². The first-order chi connectivity index (χ1) is 12.7. The van der Waals surface area contributed by atoms with Crippen LogP contribution in [-0.2, 0) is 0 Å². The molecule has 0 amide bonds. The van der Waals surface area contributed by atoms with Crippen molar-refractivity contribution in [3.05, 3.63) is 78.1 Å². The van der Waals surface area contributed by atoms with E-state index in [0.29, 0.717) is 5.02 Å². The topological polar surface area (TPSA) is 41.6 Å². The average Bonchev–Trinajstić information content (AvgIpc) is 3.14. The molecule has 0 spiro atoms. The second-order valence-corrected chi connectivity index (χ2v) is 7.10. The highest BCUT2D eigenvalue weighted by Crippen LogP contribution is 2.34. The summed E-state index contributed by atoms with van der Waals surface area (Å²) in [6.07, 6.45) is 5.64. The van der Waals surface area contributed by atoms with E-state index in [1.165, 1.54) is 4.90 Å². The lowest BCUT2D eigenvalue weighted by molar-refractivity contribution is 1.29. The number of nitrogens with zero attached hydrogens (tertiary/aromatic N) is 2. The van der Waals surface area contributed by atoms with E-state index in [1.54, 1.807) is 24.2 Å². The molecular weight excluding hydrogens is 362 g/mol. The van der Waals surface area contributed by atoms with Crippen molar-refractivity contribution >= 4 is 23.4 Å². The first kappa shape index (κ1) is 16.9. The van der Waals surface area contributed by atoms with Crippen LogP contribution >= 0.6 is 23.4 Å². The second-order valence-electron chi connectivity index (χ2n) is 5.78. The minimum atomic E-state index is 0.692. The maximum absolute atomic E-state index is 6.20. The van der Waals surface area contributed by atoms with Gasteiger partial charge < -0.3 is 4.98 Å². The van der Waals surface area contributed by atoms with Gasteiger partial charge >= 0.3 is 0 Å². The normalized spacial score (nSPS) is 10.8. The van der Waals surface area contributed by atoms with Gasteiger partial charge in [0, 0.05) is 39.0 Å². The minimum Gasteiger partial charge on any atom is -0.337 e. The summed E-state index contributed by atoms with van der Waals surface area (Å²) in [4.78, 5) is 13.7. The quantitative estimate of drug-likeness (QED) is 0.431. The summed E-state index contributed by atoms with van der Waals surface area (Å²) in [6, 6.07) is 20.1. The third kappa shape index (κ3) is 3.39. The van der Waals surface area contributed by atoms with Crippen LogP contribution in [0.4, 0.5) is 0 Å². The molecule has 128 valence electrons. The Morgan fingerprint density at radius 1 is 0.885 bits per heavy atom. The number of imidazole rings is 1. The number of hydrogen-bond acceptors (Lipinski definition) is 3. The van der Waals surface area contributed by atoms with E-state index in [2.05, 4.69) is 40.5 Å². The Bertz CT molecular complexity index is 1030. The van der Waals surface area contributed by atoms with Gasteiger partial charge in [-0.2, -0.15) is 0 Å². The molecule has 2 aromatic heterocycles. The molecule has 0 aliphatic rings. The Morgan fingerprint density at radius 2 is 1.65 bits per heavy atom. The number of benzene rings is 2. The van der Waals surface area contributed by atoms with Gasteiger partial charge in [-0.25, -0.2) is 4.98 Å². The van der Waals surface area contributed by atoms with Gasteiger partial charge in [-0.3, -0.25) is 4.98 Å². The largest absolute Gasteiger partial charge is 0.337 e. The van der Waals surface area contributed by atoms with Crippen molar-refractivity contribution in [3.63, 3.8) is 0 Å². The number of halogens is 1. The standard InChI is InChI=1S/C21H16ClN3S/c1-26-18-7-5-15(6-8-18)21-24-19(14-9-11-23-12-10-14)20(25-21)16-3-2-4-17(22)13-16/h2-13H,1H3,(H,24,25). The van der Waals surface area contributed by atoms with Gasteiger partial charge in [0.1, 0.15) is 5.82 Å². The maximum atomic E-state index is 6.20. The average molecular weight is 378 g/mol. The Balaban J connectivity index is 1.87. The Kier molecular flexibility index (Phi) is 4.78. The third-order valence-electron chi connectivity index (χ3n) is 4.13. The van der Waals surface area contributed by atoms with E-state index in [-0.39, 0.29) is 0 Å². The molecule has 0 aliphatic heterocycles. The van der Waals surface area contributed by atoms with Gasteiger partial charge in [0.2, 0.25) is 0 Å². The Hall–Kier alpha value is -2.56. The van der Waals surface area contributed by atoms with Crippen LogP contribution in [0.3, 0.4) is 0 Å². The number of rotatable bonds is 4. The van der Waals surface area contributed by atoms with E-state index >= 15 is 0 Å². The zero-order chi connectivity index (χ0) is 17.9. The predicted octanol–water partition coefficient (Wildman–Crippen LogP) is 6.18. The van der Waals surface area contributed by atoms with Gasteiger partial charge in [0.05, 0.1) is 11.4 Å². The molecule has 0 atom stereocenters. The van der Waals surface area contributed by atoms with Crippen LogP contribution in [0.25, 0.3) is 33.9 Å². The fourth-order valence-corrected chi connectivity index (χ4v) is 3.43. The van der Waals surface area contributed by atoms with Crippen molar-refractivity contribution in [2.24, 2.45) is 0 Å². The van der Waals surface area contributed by atoms with Crippen LogP contribution in [0.15, 0.2) is 78.0 Å². The van der Waals surface area contributed by atoms with Crippen molar-refractivity contribution in [3.8, 4) is 33.9 Å². The Labute approximate surface area is 161 Å². The molecule has 0 fully saturated rings. The molecule has 0 radical (unpaired) electrons. The fraction of sp³-hybridized carbons (Fsp3) is 0.0476. The molecule has 2 heterocycles. The van der Waals surface area contributed by atoms with E-state index in [0.717, 1.165) is 33.9 Å². The number of nitrogens with one attached hydrogen (secondary N) is 1. The van der Waals surface area contributed by atoms with Crippen molar-refractivity contribution in [2.75, 3.05) is 6.26 Å².